The summed E-state index contributed by atoms with van der Waals surface area (Å²) in [6, 6.07) is 10.8. The average molecular weight is 262 g/mol. The zero-order valence-corrected chi connectivity index (χ0v) is 11.9. The second kappa shape index (κ2) is 7.63. The van der Waals surface area contributed by atoms with Gasteiger partial charge < -0.3 is 10.5 Å². The number of nitrogens with zero attached hydrogens (tertiary/aromatic N) is 1. The lowest BCUT2D eigenvalue weighted by atomic mass is 10.1. The number of likely N-dealkylation sites (tertiary alicyclic amines) is 1. The molecular weight excluding hydrogens is 236 g/mol. The van der Waals surface area contributed by atoms with Crippen LogP contribution in [0.4, 0.5) is 0 Å². The standard InChI is InChI=1S/C16H26N2O/c1-14(17)13-19-16-8-5-10-18(11-9-16)12-15-6-3-2-4-7-15/h2-4,6-7,14,16H,5,8-13,17H2,1H3. The minimum absolute atomic E-state index is 0.142. The van der Waals surface area contributed by atoms with Gasteiger partial charge in [-0.2, -0.15) is 0 Å². The predicted molar refractivity (Wildman–Crippen MR) is 79.0 cm³/mol. The van der Waals surface area contributed by atoms with Gasteiger partial charge >= 0.3 is 0 Å². The summed E-state index contributed by atoms with van der Waals surface area (Å²) in [5, 5.41) is 0. The highest BCUT2D eigenvalue weighted by atomic mass is 16.5. The van der Waals surface area contributed by atoms with Crippen LogP contribution in [0.25, 0.3) is 0 Å². The van der Waals surface area contributed by atoms with E-state index in [2.05, 4.69) is 35.2 Å². The summed E-state index contributed by atoms with van der Waals surface area (Å²) < 4.78 is 5.87. The highest BCUT2D eigenvalue weighted by Gasteiger charge is 2.17. The highest BCUT2D eigenvalue weighted by Crippen LogP contribution is 2.16. The first-order chi connectivity index (χ1) is 9.24. The second-order valence-corrected chi connectivity index (χ2v) is 5.63. The van der Waals surface area contributed by atoms with Crippen LogP contribution in [-0.4, -0.2) is 36.7 Å². The Labute approximate surface area is 116 Å². The Morgan fingerprint density at radius 2 is 2.05 bits per heavy atom. The first-order valence-electron chi connectivity index (χ1n) is 7.37. The molecule has 106 valence electrons. The Morgan fingerprint density at radius 1 is 1.26 bits per heavy atom. The van der Waals surface area contributed by atoms with Crippen molar-refractivity contribution in [1.82, 2.24) is 4.90 Å². The Hall–Kier alpha value is -0.900. The summed E-state index contributed by atoms with van der Waals surface area (Å²) in [5.74, 6) is 0. The summed E-state index contributed by atoms with van der Waals surface area (Å²) in [7, 11) is 0. The van der Waals surface area contributed by atoms with Gasteiger partial charge in [0.1, 0.15) is 0 Å². The quantitative estimate of drug-likeness (QED) is 0.885. The molecule has 1 aromatic rings. The molecule has 1 heterocycles. The molecule has 1 fully saturated rings. The van der Waals surface area contributed by atoms with Crippen molar-refractivity contribution in [2.24, 2.45) is 5.73 Å². The molecule has 2 rings (SSSR count). The largest absolute Gasteiger partial charge is 0.377 e. The first-order valence-corrected chi connectivity index (χ1v) is 7.37. The number of ether oxygens (including phenoxy) is 1. The second-order valence-electron chi connectivity index (χ2n) is 5.63. The lowest BCUT2D eigenvalue weighted by Crippen LogP contribution is -2.27. The molecular formula is C16H26N2O. The summed E-state index contributed by atoms with van der Waals surface area (Å²) >= 11 is 0. The molecule has 2 N–H and O–H groups in total. The van der Waals surface area contributed by atoms with E-state index in [9.17, 15) is 0 Å². The van der Waals surface area contributed by atoms with Crippen molar-refractivity contribution in [2.45, 2.75) is 44.9 Å². The number of rotatable bonds is 5. The Morgan fingerprint density at radius 3 is 2.79 bits per heavy atom. The maximum Gasteiger partial charge on any atom is 0.0618 e. The highest BCUT2D eigenvalue weighted by molar-refractivity contribution is 5.14. The van der Waals surface area contributed by atoms with E-state index < -0.39 is 0 Å². The van der Waals surface area contributed by atoms with Gasteiger partial charge in [0.15, 0.2) is 0 Å². The van der Waals surface area contributed by atoms with E-state index in [1.54, 1.807) is 0 Å². The molecule has 0 saturated carbocycles. The van der Waals surface area contributed by atoms with Gasteiger partial charge in [-0.25, -0.2) is 0 Å². The molecule has 0 radical (unpaired) electrons. The van der Waals surface area contributed by atoms with E-state index >= 15 is 0 Å². The summed E-state index contributed by atoms with van der Waals surface area (Å²) in [5.41, 5.74) is 7.14. The van der Waals surface area contributed by atoms with E-state index in [0.717, 1.165) is 25.9 Å². The van der Waals surface area contributed by atoms with Crippen LogP contribution in [0, 0.1) is 0 Å². The van der Waals surface area contributed by atoms with Crippen molar-refractivity contribution in [3.63, 3.8) is 0 Å². The van der Waals surface area contributed by atoms with E-state index in [1.165, 1.54) is 18.5 Å². The third-order valence-corrected chi connectivity index (χ3v) is 3.61. The fraction of sp³-hybridized carbons (Fsp3) is 0.625. The lowest BCUT2D eigenvalue weighted by molar-refractivity contribution is 0.0371. The molecule has 3 heteroatoms. The van der Waals surface area contributed by atoms with Gasteiger partial charge in [-0.15, -0.1) is 0 Å². The van der Waals surface area contributed by atoms with Crippen molar-refractivity contribution in [3.8, 4) is 0 Å². The molecule has 2 unspecified atom stereocenters. The van der Waals surface area contributed by atoms with Crippen molar-refractivity contribution in [1.29, 1.82) is 0 Å². The van der Waals surface area contributed by atoms with Crippen LogP contribution >= 0.6 is 0 Å². The van der Waals surface area contributed by atoms with Crippen LogP contribution in [0.3, 0.4) is 0 Å². The molecule has 0 amide bonds. The summed E-state index contributed by atoms with van der Waals surface area (Å²) in [4.78, 5) is 2.53. The summed E-state index contributed by atoms with van der Waals surface area (Å²) in [6.07, 6.45) is 3.90. The molecule has 1 aromatic carbocycles. The van der Waals surface area contributed by atoms with E-state index in [-0.39, 0.29) is 6.04 Å². The minimum atomic E-state index is 0.142. The van der Waals surface area contributed by atoms with E-state index in [0.29, 0.717) is 12.7 Å². The van der Waals surface area contributed by atoms with Crippen molar-refractivity contribution < 1.29 is 4.74 Å². The molecule has 0 bridgehead atoms. The van der Waals surface area contributed by atoms with E-state index in [4.69, 9.17) is 10.5 Å². The van der Waals surface area contributed by atoms with Gasteiger partial charge in [-0.05, 0) is 38.3 Å². The molecule has 3 nitrogen and oxygen atoms in total. The maximum atomic E-state index is 5.87. The molecule has 2 atom stereocenters. The van der Waals surface area contributed by atoms with Crippen molar-refractivity contribution in [2.75, 3.05) is 19.7 Å². The van der Waals surface area contributed by atoms with Gasteiger partial charge in [-0.3, -0.25) is 4.90 Å². The zero-order chi connectivity index (χ0) is 13.5. The number of nitrogens with two attached hydrogens (primary N) is 1. The third kappa shape index (κ3) is 5.31. The Kier molecular flexibility index (Phi) is 5.83. The SMILES string of the molecule is CC(N)COC1CCCN(Cc2ccccc2)CC1. The normalized spacial score (nSPS) is 22.9. The van der Waals surface area contributed by atoms with Gasteiger partial charge in [0.25, 0.3) is 0 Å². The fourth-order valence-electron chi connectivity index (χ4n) is 2.58. The zero-order valence-electron chi connectivity index (χ0n) is 11.9. The van der Waals surface area contributed by atoms with Crippen LogP contribution in [0.5, 0.6) is 0 Å². The van der Waals surface area contributed by atoms with Crippen LogP contribution in [-0.2, 0) is 11.3 Å². The molecule has 0 spiro atoms. The van der Waals surface area contributed by atoms with Gasteiger partial charge in [-0.1, -0.05) is 30.3 Å². The van der Waals surface area contributed by atoms with Crippen LogP contribution in [0.15, 0.2) is 30.3 Å². The number of hydrogen-bond acceptors (Lipinski definition) is 3. The molecule has 1 aliphatic rings. The van der Waals surface area contributed by atoms with Gasteiger partial charge in [0.05, 0.1) is 12.7 Å². The van der Waals surface area contributed by atoms with E-state index in [1.807, 2.05) is 6.92 Å². The monoisotopic (exact) mass is 262 g/mol. The van der Waals surface area contributed by atoms with Crippen molar-refractivity contribution in [3.05, 3.63) is 35.9 Å². The van der Waals surface area contributed by atoms with Gasteiger partial charge in [0, 0.05) is 19.1 Å². The minimum Gasteiger partial charge on any atom is -0.377 e. The molecule has 1 saturated heterocycles. The average Bonchev–Trinajstić information content (AvgIpc) is 2.63. The number of hydrogen-bond donors (Lipinski definition) is 1. The smallest absolute Gasteiger partial charge is 0.0618 e. The predicted octanol–water partition coefficient (Wildman–Crippen LogP) is 2.40. The van der Waals surface area contributed by atoms with Crippen LogP contribution in [0.2, 0.25) is 0 Å². The molecule has 0 aromatic heterocycles. The molecule has 1 aliphatic heterocycles. The first kappa shape index (κ1) is 14.5. The lowest BCUT2D eigenvalue weighted by Gasteiger charge is -2.20. The van der Waals surface area contributed by atoms with Crippen LogP contribution < -0.4 is 5.73 Å². The Balaban J connectivity index is 1.77. The van der Waals surface area contributed by atoms with Gasteiger partial charge in [0.2, 0.25) is 0 Å². The summed E-state index contributed by atoms with van der Waals surface area (Å²) in [6.45, 7) is 6.04. The number of benzene rings is 1. The molecule has 0 aliphatic carbocycles. The maximum absolute atomic E-state index is 5.87. The Bertz CT molecular complexity index is 353. The van der Waals surface area contributed by atoms with Crippen molar-refractivity contribution >= 4 is 0 Å². The fourth-order valence-corrected chi connectivity index (χ4v) is 2.58. The molecule has 19 heavy (non-hydrogen) atoms. The van der Waals surface area contributed by atoms with Crippen LogP contribution in [0.1, 0.15) is 31.7 Å². The third-order valence-electron chi connectivity index (χ3n) is 3.61. The topological polar surface area (TPSA) is 38.5 Å².